The van der Waals surface area contributed by atoms with Crippen molar-refractivity contribution in [1.82, 2.24) is 20.1 Å². The van der Waals surface area contributed by atoms with Gasteiger partial charge >= 0.3 is 11.9 Å². The number of hydrogen-bond acceptors (Lipinski definition) is 9. The Kier molecular flexibility index (Phi) is 8.70. The van der Waals surface area contributed by atoms with Crippen molar-refractivity contribution in [3.8, 4) is 0 Å². The number of halogens is 3. The number of hydrogen-bond donors (Lipinski definition) is 2. The van der Waals surface area contributed by atoms with Crippen molar-refractivity contribution in [3.05, 3.63) is 63.0 Å². The number of carbonyl (C=O) groups excluding carboxylic acids is 1. The largest absolute Gasteiger partial charge is 0.481 e. The maximum Gasteiger partial charge on any atom is 0.338 e. The summed E-state index contributed by atoms with van der Waals surface area (Å²) in [4.78, 5) is 37.8. The van der Waals surface area contributed by atoms with Gasteiger partial charge in [-0.25, -0.2) is 22.9 Å². The first kappa shape index (κ1) is 31.1. The summed E-state index contributed by atoms with van der Waals surface area (Å²) < 4.78 is 51.0. The molecule has 2 N–H and O–H groups in total. The van der Waals surface area contributed by atoms with Gasteiger partial charge in [0.2, 0.25) is 0 Å². The van der Waals surface area contributed by atoms with E-state index >= 15 is 8.78 Å². The SMILES string of the molecule is CCOC(=O)C1=C(CN2CC(F)(F)C3CN(CCC(C)(C)C(=O)O)CC32)NC(c2nccs2)=NC1c1cccc(F)c1C. The number of alkyl halides is 2. The number of benzene rings is 1. The van der Waals surface area contributed by atoms with Crippen LogP contribution < -0.4 is 5.32 Å². The lowest BCUT2D eigenvalue weighted by Gasteiger charge is -2.32. The van der Waals surface area contributed by atoms with E-state index in [-0.39, 0.29) is 25.3 Å². The number of amidine groups is 1. The number of thiazole rings is 1. The Morgan fingerprint density at radius 3 is 2.72 bits per heavy atom. The van der Waals surface area contributed by atoms with Gasteiger partial charge in [-0.2, -0.15) is 0 Å². The average molecular weight is 620 g/mol. The second-order valence-electron chi connectivity index (χ2n) is 11.9. The third-order valence-electron chi connectivity index (χ3n) is 8.64. The molecule has 5 rings (SSSR count). The van der Waals surface area contributed by atoms with Gasteiger partial charge in [0.25, 0.3) is 5.92 Å². The fraction of sp³-hybridized carbons (Fsp3) is 0.533. The molecule has 0 spiro atoms. The molecule has 4 heterocycles. The van der Waals surface area contributed by atoms with Crippen LogP contribution in [0.25, 0.3) is 0 Å². The Morgan fingerprint density at radius 1 is 1.28 bits per heavy atom. The number of likely N-dealkylation sites (tertiary alicyclic amines) is 2. The molecule has 1 aromatic heterocycles. The second kappa shape index (κ2) is 12.0. The fourth-order valence-electron chi connectivity index (χ4n) is 6.02. The van der Waals surface area contributed by atoms with E-state index in [4.69, 9.17) is 9.73 Å². The second-order valence-corrected chi connectivity index (χ2v) is 12.8. The van der Waals surface area contributed by atoms with E-state index in [2.05, 4.69) is 10.3 Å². The maximum absolute atomic E-state index is 15.4. The van der Waals surface area contributed by atoms with Crippen LogP contribution in [-0.2, 0) is 14.3 Å². The van der Waals surface area contributed by atoms with Crippen LogP contribution in [0.2, 0.25) is 0 Å². The molecule has 2 saturated heterocycles. The Hall–Kier alpha value is -3.29. The van der Waals surface area contributed by atoms with Gasteiger partial charge in [0, 0.05) is 43.0 Å². The van der Waals surface area contributed by atoms with Crippen LogP contribution >= 0.6 is 11.3 Å². The lowest BCUT2D eigenvalue weighted by atomic mass is 9.89. The third kappa shape index (κ3) is 6.20. The summed E-state index contributed by atoms with van der Waals surface area (Å²) in [5.74, 6) is -5.60. The predicted octanol–water partition coefficient (Wildman–Crippen LogP) is 4.25. The van der Waals surface area contributed by atoms with E-state index in [1.54, 1.807) is 56.3 Å². The van der Waals surface area contributed by atoms with Gasteiger partial charge in [0.1, 0.15) is 11.9 Å². The fourth-order valence-corrected chi connectivity index (χ4v) is 6.61. The first-order chi connectivity index (χ1) is 20.3. The average Bonchev–Trinajstić information content (AvgIpc) is 3.68. The number of aliphatic carboxylic acids is 1. The summed E-state index contributed by atoms with van der Waals surface area (Å²) >= 11 is 1.32. The zero-order chi connectivity index (χ0) is 31.1. The summed E-state index contributed by atoms with van der Waals surface area (Å²) in [6.45, 7) is 6.99. The molecule has 0 radical (unpaired) electrons. The van der Waals surface area contributed by atoms with E-state index in [1.807, 2.05) is 4.90 Å². The Labute approximate surface area is 252 Å². The molecule has 43 heavy (non-hydrogen) atoms. The summed E-state index contributed by atoms with van der Waals surface area (Å²) in [5, 5.41) is 15.0. The smallest absolute Gasteiger partial charge is 0.338 e. The highest BCUT2D eigenvalue weighted by atomic mass is 32.1. The molecule has 1 aromatic carbocycles. The Bertz CT molecular complexity index is 1450. The van der Waals surface area contributed by atoms with Crippen LogP contribution in [0.5, 0.6) is 0 Å². The molecule has 3 unspecified atom stereocenters. The van der Waals surface area contributed by atoms with Crippen LogP contribution in [0.3, 0.4) is 0 Å². The molecule has 13 heteroatoms. The quantitative estimate of drug-likeness (QED) is 0.381. The van der Waals surface area contributed by atoms with E-state index in [9.17, 15) is 19.1 Å². The Morgan fingerprint density at radius 2 is 2.05 bits per heavy atom. The molecule has 0 amide bonds. The van der Waals surface area contributed by atoms with Crippen molar-refractivity contribution in [2.45, 2.75) is 52.1 Å². The molecule has 0 bridgehead atoms. The van der Waals surface area contributed by atoms with E-state index in [1.165, 1.54) is 17.4 Å². The van der Waals surface area contributed by atoms with Gasteiger partial charge in [0.15, 0.2) is 10.8 Å². The molecule has 3 atom stereocenters. The molecular weight excluding hydrogens is 583 g/mol. The zero-order valence-electron chi connectivity index (χ0n) is 24.6. The number of ether oxygens (including phenoxy) is 1. The highest BCUT2D eigenvalue weighted by molar-refractivity contribution is 7.11. The van der Waals surface area contributed by atoms with Gasteiger partial charge in [-0.1, -0.05) is 12.1 Å². The van der Waals surface area contributed by atoms with E-state index < -0.39 is 53.6 Å². The number of nitrogens with one attached hydrogen (secondary N) is 1. The topological polar surface area (TPSA) is 107 Å². The normalized spacial score (nSPS) is 24.1. The summed E-state index contributed by atoms with van der Waals surface area (Å²) in [6, 6.07) is 3.11. The Balaban J connectivity index is 1.50. The van der Waals surface area contributed by atoms with Crippen LogP contribution in [-0.4, -0.2) is 89.0 Å². The molecule has 2 fully saturated rings. The number of nitrogens with zero attached hydrogens (tertiary/aromatic N) is 4. The molecule has 3 aliphatic heterocycles. The highest BCUT2D eigenvalue weighted by Gasteiger charge is 2.58. The molecule has 9 nitrogen and oxygen atoms in total. The lowest BCUT2D eigenvalue weighted by Crippen LogP contribution is -2.43. The van der Waals surface area contributed by atoms with Crippen molar-refractivity contribution in [3.63, 3.8) is 0 Å². The van der Waals surface area contributed by atoms with Gasteiger partial charge in [-0.15, -0.1) is 11.3 Å². The first-order valence-electron chi connectivity index (χ1n) is 14.3. The minimum absolute atomic E-state index is 0.0192. The van der Waals surface area contributed by atoms with Crippen molar-refractivity contribution in [2.75, 3.05) is 39.3 Å². The summed E-state index contributed by atoms with van der Waals surface area (Å²) in [6.07, 6.45) is 1.94. The highest BCUT2D eigenvalue weighted by Crippen LogP contribution is 2.44. The van der Waals surface area contributed by atoms with Gasteiger partial charge in [-0.05, 0) is 57.9 Å². The number of aliphatic imine (C=N–C) groups is 1. The summed E-state index contributed by atoms with van der Waals surface area (Å²) in [5.41, 5.74) is 0.311. The van der Waals surface area contributed by atoms with Gasteiger partial charge < -0.3 is 20.1 Å². The molecular formula is C30H36F3N5O4S. The first-order valence-corrected chi connectivity index (χ1v) is 15.2. The van der Waals surface area contributed by atoms with Crippen molar-refractivity contribution >= 4 is 29.1 Å². The number of carboxylic acid groups (broad SMARTS) is 1. The minimum atomic E-state index is -2.98. The number of esters is 1. The van der Waals surface area contributed by atoms with E-state index in [0.717, 1.165) is 0 Å². The molecule has 2 aromatic rings. The van der Waals surface area contributed by atoms with Crippen molar-refractivity contribution in [1.29, 1.82) is 0 Å². The number of rotatable bonds is 10. The number of aromatic nitrogens is 1. The minimum Gasteiger partial charge on any atom is -0.481 e. The number of carboxylic acids is 1. The number of fused-ring (bicyclic) bond motifs is 1. The number of carbonyl (C=O) groups is 2. The van der Waals surface area contributed by atoms with Crippen LogP contribution in [0.4, 0.5) is 13.2 Å². The van der Waals surface area contributed by atoms with Crippen LogP contribution in [0, 0.1) is 24.1 Å². The monoisotopic (exact) mass is 619 g/mol. The lowest BCUT2D eigenvalue weighted by molar-refractivity contribution is -0.147. The maximum atomic E-state index is 15.4. The van der Waals surface area contributed by atoms with E-state index in [0.29, 0.717) is 47.2 Å². The molecule has 232 valence electrons. The van der Waals surface area contributed by atoms with Crippen molar-refractivity contribution in [2.24, 2.45) is 16.3 Å². The molecule has 0 aliphatic carbocycles. The third-order valence-corrected chi connectivity index (χ3v) is 9.42. The van der Waals surface area contributed by atoms with Gasteiger partial charge in [-0.3, -0.25) is 14.7 Å². The standard InChI is InChI=1S/C30H36F3N5O4S/c1-5-42-27(39)23-21(35-25(26-34-10-12-43-26)36-24(23)18-7-6-8-20(31)17(18)2)14-38-16-30(32,33)19-13-37(15-22(19)38)11-9-29(3,4)28(40)41/h6-8,10,12,19,22,24H,5,9,11,13-16H2,1-4H3,(H,35,36)(H,40,41). The predicted molar refractivity (Wildman–Crippen MR) is 156 cm³/mol. The summed E-state index contributed by atoms with van der Waals surface area (Å²) in [7, 11) is 0. The molecule has 0 saturated carbocycles. The van der Waals surface area contributed by atoms with Gasteiger partial charge in [0.05, 0.1) is 30.1 Å². The molecule has 3 aliphatic rings. The zero-order valence-corrected chi connectivity index (χ0v) is 25.4. The van der Waals surface area contributed by atoms with Crippen LogP contribution in [0.1, 0.15) is 49.4 Å². The van der Waals surface area contributed by atoms with Crippen LogP contribution in [0.15, 0.2) is 46.0 Å². The van der Waals surface area contributed by atoms with Crippen molar-refractivity contribution < 1.29 is 32.6 Å².